The van der Waals surface area contributed by atoms with E-state index in [-0.39, 0.29) is 5.41 Å². The van der Waals surface area contributed by atoms with Crippen LogP contribution in [0.1, 0.15) is 68.0 Å². The average Bonchev–Trinajstić information content (AvgIpc) is 3.06. The Morgan fingerprint density at radius 1 is 0.682 bits per heavy atom. The van der Waals surface area contributed by atoms with Gasteiger partial charge in [-0.2, -0.15) is 0 Å². The van der Waals surface area contributed by atoms with Gasteiger partial charge in [0.15, 0.2) is 23.0 Å². The molecule has 0 radical (unpaired) electrons. The molecule has 1 aliphatic heterocycles. The standard InChI is InChI=1S/C37H39NO4.C2H6/c1-37(2,3)31-23-34(40-5)36(42-25-27-14-10-7-11-15-27)21-29(31)16-17-32-30-22-33(39-4)35(20-28(30)18-19-38-32)41-24-26-12-8-6-9-13-26;1-2/h6-17,20-23H,18-19,24-25H2,1-5H3;1-2H3/b17-16+;. The van der Waals surface area contributed by atoms with Crippen LogP contribution in [0.3, 0.4) is 0 Å². The molecule has 1 aliphatic rings. The van der Waals surface area contributed by atoms with Gasteiger partial charge in [0.25, 0.3) is 0 Å². The van der Waals surface area contributed by atoms with Crippen molar-refractivity contribution in [2.75, 3.05) is 20.8 Å². The first-order valence-corrected chi connectivity index (χ1v) is 15.4. The molecule has 5 rings (SSSR count). The molecule has 0 spiro atoms. The minimum absolute atomic E-state index is 0.106. The summed E-state index contributed by atoms with van der Waals surface area (Å²) in [6.45, 7) is 12.3. The van der Waals surface area contributed by atoms with Crippen molar-refractivity contribution in [2.45, 2.75) is 59.7 Å². The molecule has 0 atom stereocenters. The fraction of sp³-hybridized carbons (Fsp3) is 0.308. The highest BCUT2D eigenvalue weighted by Crippen LogP contribution is 2.38. The van der Waals surface area contributed by atoms with Crippen LogP contribution in [0.25, 0.3) is 6.08 Å². The first kappa shape index (κ1) is 32.4. The maximum absolute atomic E-state index is 6.25. The fourth-order valence-corrected chi connectivity index (χ4v) is 5.12. The minimum Gasteiger partial charge on any atom is -0.493 e. The van der Waals surface area contributed by atoms with Crippen molar-refractivity contribution in [1.82, 2.24) is 0 Å². The lowest BCUT2D eigenvalue weighted by atomic mass is 9.83. The maximum atomic E-state index is 6.25. The molecule has 0 N–H and O–H groups in total. The van der Waals surface area contributed by atoms with Gasteiger partial charge in [-0.05, 0) is 70.0 Å². The van der Waals surface area contributed by atoms with E-state index in [2.05, 4.69) is 75.4 Å². The van der Waals surface area contributed by atoms with E-state index in [0.29, 0.717) is 24.7 Å². The number of hydrogen-bond acceptors (Lipinski definition) is 5. The van der Waals surface area contributed by atoms with Crippen molar-refractivity contribution in [3.8, 4) is 23.0 Å². The van der Waals surface area contributed by atoms with Gasteiger partial charge in [0.05, 0.1) is 19.9 Å². The van der Waals surface area contributed by atoms with Crippen molar-refractivity contribution >= 4 is 11.8 Å². The zero-order valence-electron chi connectivity index (χ0n) is 27.1. The predicted molar refractivity (Wildman–Crippen MR) is 182 cm³/mol. The highest BCUT2D eigenvalue weighted by atomic mass is 16.5. The molecule has 0 aliphatic carbocycles. The second-order valence-electron chi connectivity index (χ2n) is 11.4. The molecule has 0 fully saturated rings. The summed E-state index contributed by atoms with van der Waals surface area (Å²) in [5.41, 5.74) is 7.53. The Balaban J connectivity index is 0.00000216. The van der Waals surface area contributed by atoms with Crippen molar-refractivity contribution < 1.29 is 18.9 Å². The van der Waals surface area contributed by atoms with Gasteiger partial charge in [-0.1, -0.05) is 101 Å². The monoisotopic (exact) mass is 591 g/mol. The van der Waals surface area contributed by atoms with Gasteiger partial charge < -0.3 is 18.9 Å². The number of rotatable bonds is 10. The Kier molecular flexibility index (Phi) is 11.3. The summed E-state index contributed by atoms with van der Waals surface area (Å²) < 4.78 is 23.9. The van der Waals surface area contributed by atoms with E-state index in [1.165, 1.54) is 11.1 Å². The Hall–Kier alpha value is -4.51. The van der Waals surface area contributed by atoms with Crippen molar-refractivity contribution in [3.05, 3.63) is 124 Å². The van der Waals surface area contributed by atoms with Crippen LogP contribution < -0.4 is 18.9 Å². The molecule has 0 unspecified atom stereocenters. The van der Waals surface area contributed by atoms with Gasteiger partial charge >= 0.3 is 0 Å². The second-order valence-corrected chi connectivity index (χ2v) is 11.4. The van der Waals surface area contributed by atoms with Gasteiger partial charge in [-0.25, -0.2) is 0 Å². The Labute approximate surface area is 263 Å². The smallest absolute Gasteiger partial charge is 0.162 e. The topological polar surface area (TPSA) is 49.3 Å². The first-order valence-electron chi connectivity index (χ1n) is 15.4. The largest absolute Gasteiger partial charge is 0.493 e. The Morgan fingerprint density at radius 3 is 1.77 bits per heavy atom. The van der Waals surface area contributed by atoms with E-state index in [0.717, 1.165) is 52.4 Å². The number of aliphatic imine (C=N–C) groups is 1. The normalized spacial score (nSPS) is 12.5. The third kappa shape index (κ3) is 8.10. The molecule has 0 saturated carbocycles. The highest BCUT2D eigenvalue weighted by Gasteiger charge is 2.22. The van der Waals surface area contributed by atoms with Crippen LogP contribution in [0.2, 0.25) is 0 Å². The summed E-state index contributed by atoms with van der Waals surface area (Å²) in [5.74, 6) is 2.88. The second kappa shape index (κ2) is 15.3. The molecule has 5 nitrogen and oxygen atoms in total. The lowest BCUT2D eigenvalue weighted by Crippen LogP contribution is -2.14. The zero-order chi connectivity index (χ0) is 31.5. The van der Waals surface area contributed by atoms with E-state index in [9.17, 15) is 0 Å². The summed E-state index contributed by atoms with van der Waals surface area (Å²) in [6.07, 6.45) is 5.08. The number of fused-ring (bicyclic) bond motifs is 1. The lowest BCUT2D eigenvalue weighted by Gasteiger charge is -2.24. The third-order valence-corrected chi connectivity index (χ3v) is 7.37. The third-order valence-electron chi connectivity index (χ3n) is 7.37. The highest BCUT2D eigenvalue weighted by molar-refractivity contribution is 6.12. The molecule has 0 amide bonds. The van der Waals surface area contributed by atoms with Gasteiger partial charge in [0.2, 0.25) is 0 Å². The molecule has 0 saturated heterocycles. The van der Waals surface area contributed by atoms with E-state index < -0.39 is 0 Å². The summed E-state index contributed by atoms with van der Waals surface area (Å²) in [4.78, 5) is 4.89. The Bertz CT molecular complexity index is 1570. The van der Waals surface area contributed by atoms with E-state index in [1.807, 2.05) is 56.3 Å². The number of hydrogen-bond donors (Lipinski definition) is 0. The van der Waals surface area contributed by atoms with Crippen LogP contribution in [0.15, 0.2) is 96.0 Å². The molecule has 230 valence electrons. The van der Waals surface area contributed by atoms with E-state index >= 15 is 0 Å². The Morgan fingerprint density at radius 2 is 1.23 bits per heavy atom. The fourth-order valence-electron chi connectivity index (χ4n) is 5.12. The first-order chi connectivity index (χ1) is 21.4. The molecular weight excluding hydrogens is 546 g/mol. The quantitative estimate of drug-likeness (QED) is 0.184. The molecule has 4 aromatic rings. The molecule has 0 aromatic heterocycles. The van der Waals surface area contributed by atoms with E-state index in [1.54, 1.807) is 14.2 Å². The zero-order valence-corrected chi connectivity index (χ0v) is 27.1. The molecular formula is C39H45NO4. The number of allylic oxidation sites excluding steroid dienone is 1. The molecule has 44 heavy (non-hydrogen) atoms. The van der Waals surface area contributed by atoms with Crippen molar-refractivity contribution in [2.24, 2.45) is 4.99 Å². The molecule has 5 heteroatoms. The summed E-state index contributed by atoms with van der Waals surface area (Å²) >= 11 is 0. The number of benzene rings is 4. The van der Waals surface area contributed by atoms with Crippen LogP contribution >= 0.6 is 0 Å². The summed E-state index contributed by atoms with van der Waals surface area (Å²) in [6, 6.07) is 28.6. The lowest BCUT2D eigenvalue weighted by molar-refractivity contribution is 0.284. The van der Waals surface area contributed by atoms with Gasteiger partial charge in [-0.3, -0.25) is 4.99 Å². The molecule has 4 aromatic carbocycles. The van der Waals surface area contributed by atoms with Crippen LogP contribution in [-0.4, -0.2) is 26.5 Å². The number of nitrogens with zero attached hydrogens (tertiary/aromatic N) is 1. The molecule has 1 heterocycles. The van der Waals surface area contributed by atoms with Crippen LogP contribution in [-0.2, 0) is 25.0 Å². The summed E-state index contributed by atoms with van der Waals surface area (Å²) in [5, 5.41) is 0. The SMILES string of the molecule is CC.COc1cc(C(C)(C)C)c(/C=C/C2=NCCc3cc(OCc4ccccc4)c(OC)cc32)cc1OCc1ccccc1. The predicted octanol–water partition coefficient (Wildman–Crippen LogP) is 9.24. The van der Waals surface area contributed by atoms with Gasteiger partial charge in [0, 0.05) is 12.1 Å². The molecule has 0 bridgehead atoms. The van der Waals surface area contributed by atoms with Gasteiger partial charge in [0.1, 0.15) is 13.2 Å². The van der Waals surface area contributed by atoms with Crippen LogP contribution in [0.4, 0.5) is 0 Å². The van der Waals surface area contributed by atoms with Crippen LogP contribution in [0.5, 0.6) is 23.0 Å². The van der Waals surface area contributed by atoms with Crippen LogP contribution in [0, 0.1) is 0 Å². The van der Waals surface area contributed by atoms with Crippen molar-refractivity contribution in [1.29, 1.82) is 0 Å². The minimum atomic E-state index is -0.106. The average molecular weight is 592 g/mol. The maximum Gasteiger partial charge on any atom is 0.162 e. The number of methoxy groups -OCH3 is 2. The van der Waals surface area contributed by atoms with E-state index in [4.69, 9.17) is 23.9 Å². The van der Waals surface area contributed by atoms with Gasteiger partial charge in [-0.15, -0.1) is 0 Å². The van der Waals surface area contributed by atoms with Crippen molar-refractivity contribution in [3.63, 3.8) is 0 Å². The summed E-state index contributed by atoms with van der Waals surface area (Å²) in [7, 11) is 3.36. The number of ether oxygens (including phenoxy) is 4.